The average molecular weight is 464 g/mol. The first-order chi connectivity index (χ1) is 16.5. The van der Waals surface area contributed by atoms with Gasteiger partial charge in [-0.1, -0.05) is 18.0 Å². The molecule has 0 spiro atoms. The number of nitrogens with one attached hydrogen (secondary N) is 1. The number of rotatable bonds is 11. The van der Waals surface area contributed by atoms with Crippen LogP contribution >= 0.6 is 0 Å². The van der Waals surface area contributed by atoms with Crippen molar-refractivity contribution < 1.29 is 14.1 Å². The Hall–Kier alpha value is -3.72. The third-order valence-corrected chi connectivity index (χ3v) is 6.02. The molecule has 0 radical (unpaired) electrons. The summed E-state index contributed by atoms with van der Waals surface area (Å²) in [6.07, 6.45) is 8.67. The van der Waals surface area contributed by atoms with E-state index in [1.54, 1.807) is 36.2 Å². The molecule has 1 aromatic carbocycles. The molecule has 0 aliphatic heterocycles. The summed E-state index contributed by atoms with van der Waals surface area (Å²) in [6, 6.07) is 6.98. The Morgan fingerprint density at radius 2 is 2.12 bits per heavy atom. The van der Waals surface area contributed by atoms with Crippen LogP contribution in [0.4, 0.5) is 0 Å². The second kappa shape index (κ2) is 10.5. The summed E-state index contributed by atoms with van der Waals surface area (Å²) in [5.41, 5.74) is 8.29. The Kier molecular flexibility index (Phi) is 7.22. The minimum absolute atomic E-state index is 0.00771. The van der Waals surface area contributed by atoms with E-state index in [-0.39, 0.29) is 17.4 Å². The molecule has 0 saturated carbocycles. The molecule has 0 saturated heterocycles. The Bertz CT molecular complexity index is 1320. The van der Waals surface area contributed by atoms with Gasteiger partial charge < -0.3 is 24.5 Å². The van der Waals surface area contributed by atoms with Crippen molar-refractivity contribution in [3.8, 4) is 17.0 Å². The highest BCUT2D eigenvalue weighted by Crippen LogP contribution is 2.33. The number of aryl methyl sites for hydroxylation is 1. The molecule has 3 N–H and O–H groups in total. The fourth-order valence-electron chi connectivity index (χ4n) is 4.05. The van der Waals surface area contributed by atoms with E-state index in [0.717, 1.165) is 42.3 Å². The number of hydrogen-bond acceptors (Lipinski definition) is 7. The largest absolute Gasteiger partial charge is 0.496 e. The van der Waals surface area contributed by atoms with Crippen LogP contribution < -0.4 is 16.0 Å². The van der Waals surface area contributed by atoms with Crippen LogP contribution in [0.25, 0.3) is 22.0 Å². The molecule has 0 bridgehead atoms. The van der Waals surface area contributed by atoms with Gasteiger partial charge in [0.2, 0.25) is 0 Å². The van der Waals surface area contributed by atoms with Gasteiger partial charge in [-0.25, -0.2) is 4.98 Å². The zero-order chi connectivity index (χ0) is 24.1. The predicted octanol–water partition coefficient (Wildman–Crippen LogP) is 4.24. The molecule has 0 fully saturated rings. The number of imidazole rings is 1. The zero-order valence-electron chi connectivity index (χ0n) is 19.4. The molecule has 9 nitrogen and oxygen atoms in total. The van der Waals surface area contributed by atoms with Gasteiger partial charge in [0.25, 0.3) is 5.56 Å². The molecule has 34 heavy (non-hydrogen) atoms. The summed E-state index contributed by atoms with van der Waals surface area (Å²) in [4.78, 5) is 32.4. The number of carbonyl (C=O) groups is 1. The Balaban J connectivity index is 1.40. The maximum absolute atomic E-state index is 12.7. The van der Waals surface area contributed by atoms with Crippen LogP contribution in [0.2, 0.25) is 0 Å². The number of nitrogens with zero attached hydrogens (tertiary/aromatic N) is 3. The average Bonchev–Trinajstić information content (AvgIpc) is 3.56. The summed E-state index contributed by atoms with van der Waals surface area (Å²) in [5, 5.41) is 5.12. The number of methoxy groups -OCH3 is 1. The molecule has 0 aliphatic carbocycles. The highest BCUT2D eigenvalue weighted by Gasteiger charge is 2.16. The lowest BCUT2D eigenvalue weighted by Crippen LogP contribution is -2.18. The molecule has 0 amide bonds. The number of ketones is 1. The van der Waals surface area contributed by atoms with Crippen LogP contribution in [-0.4, -0.2) is 32.6 Å². The predicted molar refractivity (Wildman–Crippen MR) is 129 cm³/mol. The van der Waals surface area contributed by atoms with Crippen molar-refractivity contribution in [1.29, 1.82) is 0 Å². The van der Waals surface area contributed by atoms with E-state index in [1.807, 2.05) is 19.1 Å². The zero-order valence-corrected chi connectivity index (χ0v) is 19.4. The molecule has 4 aromatic rings. The van der Waals surface area contributed by atoms with Crippen LogP contribution in [0.3, 0.4) is 0 Å². The van der Waals surface area contributed by atoms with Crippen molar-refractivity contribution >= 4 is 16.6 Å². The van der Waals surface area contributed by atoms with Crippen LogP contribution in [-0.2, 0) is 6.54 Å². The first kappa shape index (κ1) is 23.4. The quantitative estimate of drug-likeness (QED) is 0.251. The first-order valence-electron chi connectivity index (χ1n) is 11.5. The maximum atomic E-state index is 12.7. The van der Waals surface area contributed by atoms with E-state index in [0.29, 0.717) is 35.6 Å². The van der Waals surface area contributed by atoms with Gasteiger partial charge in [-0.3, -0.25) is 9.59 Å². The molecule has 1 unspecified atom stereocenters. The smallest absolute Gasteiger partial charge is 0.258 e. The maximum Gasteiger partial charge on any atom is 0.258 e. The van der Waals surface area contributed by atoms with Crippen molar-refractivity contribution in [3.63, 3.8) is 0 Å². The minimum Gasteiger partial charge on any atom is -0.496 e. The number of nitrogens with two attached hydrogens (primary N) is 1. The SMILES string of the molecule is CCn1ccc2cc(-c3cnc(C(N)CCCCCC(=O)c4ccon4)[nH]3)c(OC)cc2c1=O. The fourth-order valence-corrected chi connectivity index (χ4v) is 4.05. The molecular weight excluding hydrogens is 434 g/mol. The third-order valence-electron chi connectivity index (χ3n) is 6.02. The van der Waals surface area contributed by atoms with Crippen molar-refractivity contribution in [2.24, 2.45) is 5.73 Å². The second-order valence-corrected chi connectivity index (χ2v) is 8.24. The van der Waals surface area contributed by atoms with Crippen LogP contribution in [0.1, 0.15) is 61.4 Å². The van der Waals surface area contributed by atoms with Crippen LogP contribution in [0.15, 0.2) is 52.2 Å². The Labute approximate surface area is 196 Å². The second-order valence-electron chi connectivity index (χ2n) is 8.24. The standard InChI is InChI=1S/C25H29N5O4/c1-3-30-11-9-16-13-18(23(33-2)14-17(16)25(30)32)21-15-27-24(28-21)19(26)7-5-4-6-8-22(31)20-10-12-34-29-20/h9-15,19H,3-8,26H2,1-2H3,(H,27,28). The number of pyridine rings is 1. The van der Waals surface area contributed by atoms with Crippen molar-refractivity contribution in [2.45, 2.75) is 51.6 Å². The summed E-state index contributed by atoms with van der Waals surface area (Å²) in [5.74, 6) is 1.28. The van der Waals surface area contributed by atoms with Crippen LogP contribution in [0, 0.1) is 0 Å². The number of ether oxygens (including phenoxy) is 1. The summed E-state index contributed by atoms with van der Waals surface area (Å²) in [6.45, 7) is 2.55. The van der Waals surface area contributed by atoms with Crippen molar-refractivity contribution in [1.82, 2.24) is 19.7 Å². The summed E-state index contributed by atoms with van der Waals surface area (Å²) >= 11 is 0. The van der Waals surface area contributed by atoms with E-state index < -0.39 is 0 Å². The van der Waals surface area contributed by atoms with Gasteiger partial charge in [-0.05, 0) is 43.4 Å². The normalized spacial score (nSPS) is 12.2. The number of benzene rings is 1. The van der Waals surface area contributed by atoms with Crippen LogP contribution in [0.5, 0.6) is 5.75 Å². The number of Topliss-reactive ketones (excluding diaryl/α,β-unsaturated/α-hetero) is 1. The Morgan fingerprint density at radius 3 is 2.85 bits per heavy atom. The van der Waals surface area contributed by atoms with E-state index in [1.165, 1.54) is 6.26 Å². The highest BCUT2D eigenvalue weighted by molar-refractivity contribution is 5.93. The number of fused-ring (bicyclic) bond motifs is 1. The van der Waals surface area contributed by atoms with Gasteiger partial charge in [0, 0.05) is 30.8 Å². The molecular formula is C25H29N5O4. The number of carbonyl (C=O) groups excluding carboxylic acids is 1. The van der Waals surface area contributed by atoms with Gasteiger partial charge >= 0.3 is 0 Å². The lowest BCUT2D eigenvalue weighted by atomic mass is 10.0. The minimum atomic E-state index is -0.247. The fraction of sp³-hybridized carbons (Fsp3) is 0.360. The molecule has 178 valence electrons. The molecule has 1 atom stereocenters. The van der Waals surface area contributed by atoms with Crippen molar-refractivity contribution in [2.75, 3.05) is 7.11 Å². The number of aromatic nitrogens is 4. The number of H-pyrrole nitrogens is 1. The summed E-state index contributed by atoms with van der Waals surface area (Å²) in [7, 11) is 1.59. The molecule has 3 heterocycles. The number of aromatic amines is 1. The molecule has 9 heteroatoms. The third kappa shape index (κ3) is 4.94. The summed E-state index contributed by atoms with van der Waals surface area (Å²) < 4.78 is 12.0. The topological polar surface area (TPSA) is 129 Å². The van der Waals surface area contributed by atoms with E-state index in [9.17, 15) is 9.59 Å². The monoisotopic (exact) mass is 463 g/mol. The van der Waals surface area contributed by atoms with E-state index >= 15 is 0 Å². The first-order valence-corrected chi connectivity index (χ1v) is 11.5. The molecule has 3 aromatic heterocycles. The number of unbranched alkanes of at least 4 members (excludes halogenated alkanes) is 2. The highest BCUT2D eigenvalue weighted by atomic mass is 16.5. The van der Waals surface area contributed by atoms with Gasteiger partial charge in [0.05, 0.1) is 30.4 Å². The molecule has 0 aliphatic rings. The van der Waals surface area contributed by atoms with Crippen molar-refractivity contribution in [3.05, 3.63) is 64.8 Å². The lowest BCUT2D eigenvalue weighted by molar-refractivity contribution is 0.0970. The molecule has 4 rings (SSSR count). The lowest BCUT2D eigenvalue weighted by Gasteiger charge is -2.11. The number of hydrogen-bond donors (Lipinski definition) is 2. The van der Waals surface area contributed by atoms with Gasteiger partial charge in [-0.2, -0.15) is 0 Å². The van der Waals surface area contributed by atoms with Gasteiger partial charge in [-0.15, -0.1) is 0 Å². The Morgan fingerprint density at radius 1 is 1.26 bits per heavy atom. The van der Waals surface area contributed by atoms with E-state index in [2.05, 4.69) is 15.1 Å². The van der Waals surface area contributed by atoms with Gasteiger partial charge in [0.15, 0.2) is 5.78 Å². The van der Waals surface area contributed by atoms with E-state index in [4.69, 9.17) is 15.0 Å². The van der Waals surface area contributed by atoms with Gasteiger partial charge in [0.1, 0.15) is 23.5 Å².